The van der Waals surface area contributed by atoms with Crippen LogP contribution in [-0.4, -0.2) is 42.2 Å². The van der Waals surface area contributed by atoms with Crippen LogP contribution in [-0.2, 0) is 18.3 Å². The van der Waals surface area contributed by atoms with Gasteiger partial charge in [-0.3, -0.25) is 9.59 Å². The summed E-state index contributed by atoms with van der Waals surface area (Å²) in [4.78, 5) is 26.1. The first-order valence-electron chi connectivity index (χ1n) is 13.1. The highest BCUT2D eigenvalue weighted by Crippen LogP contribution is 2.52. The van der Waals surface area contributed by atoms with Crippen molar-refractivity contribution >= 4 is 40.9 Å². The van der Waals surface area contributed by atoms with E-state index in [2.05, 4.69) is 10.6 Å². The molecule has 46 heavy (non-hydrogen) atoms. The average molecular weight is 703 g/mol. The topological polar surface area (TPSA) is 58.2 Å². The summed E-state index contributed by atoms with van der Waals surface area (Å²) in [5.41, 5.74) is -4.79. The minimum atomic E-state index is -6.46. The van der Waals surface area contributed by atoms with E-state index in [-0.39, 0.29) is 45.6 Å². The molecule has 2 amide bonds. The number of benzene rings is 3. The Morgan fingerprint density at radius 1 is 0.804 bits per heavy atom. The molecule has 3 rings (SSSR count). The second-order valence-electron chi connectivity index (χ2n) is 10.3. The van der Waals surface area contributed by atoms with Crippen molar-refractivity contribution in [3.8, 4) is 0 Å². The fourth-order valence-corrected chi connectivity index (χ4v) is 5.32. The summed E-state index contributed by atoms with van der Waals surface area (Å²) in [7, 11) is 0. The number of carbonyl (C=O) groups is 2. The van der Waals surface area contributed by atoms with Crippen LogP contribution in [0.2, 0.25) is 5.02 Å². The summed E-state index contributed by atoms with van der Waals surface area (Å²) in [5.74, 6) is -12.7. The molecule has 3 aromatic carbocycles. The summed E-state index contributed by atoms with van der Waals surface area (Å²) in [6, 6.07) is 8.58. The number of alkyl halides is 10. The average Bonchev–Trinajstić information content (AvgIpc) is 2.93. The Balaban J connectivity index is 1.92. The maximum absolute atomic E-state index is 14.2. The molecule has 16 heteroatoms. The molecule has 0 saturated heterocycles. The largest absolute Gasteiger partial charge is 0.458 e. The Kier molecular flexibility index (Phi) is 11.0. The SMILES string of the molecule is CSCC(C)NC(=O)c1c(Cl)cccc1C(=O)Nc1ccc(Cc2ccc(C(F)(F)C(F)(F)F)c(C(F)(F)C(F)(F)F)c2)cc1C. The van der Waals surface area contributed by atoms with E-state index < -0.39 is 59.1 Å². The van der Waals surface area contributed by atoms with Gasteiger partial charge in [0.25, 0.3) is 11.8 Å². The number of amides is 2. The van der Waals surface area contributed by atoms with Gasteiger partial charge in [0.15, 0.2) is 0 Å². The monoisotopic (exact) mass is 702 g/mol. The number of anilines is 1. The predicted molar refractivity (Wildman–Crippen MR) is 155 cm³/mol. The molecule has 1 atom stereocenters. The van der Waals surface area contributed by atoms with Crippen LogP contribution in [0, 0.1) is 6.92 Å². The number of rotatable bonds is 10. The van der Waals surface area contributed by atoms with Crippen LogP contribution in [0.3, 0.4) is 0 Å². The van der Waals surface area contributed by atoms with Crippen LogP contribution in [0.25, 0.3) is 0 Å². The predicted octanol–water partition coefficient (Wildman–Crippen LogP) is 9.28. The van der Waals surface area contributed by atoms with Crippen molar-refractivity contribution in [1.82, 2.24) is 5.32 Å². The molecule has 0 spiro atoms. The second-order valence-corrected chi connectivity index (χ2v) is 11.6. The molecule has 2 N–H and O–H groups in total. The molecule has 1 unspecified atom stereocenters. The zero-order valence-corrected chi connectivity index (χ0v) is 25.6. The van der Waals surface area contributed by atoms with Crippen LogP contribution in [0.5, 0.6) is 0 Å². The summed E-state index contributed by atoms with van der Waals surface area (Å²) in [5, 5.41) is 5.37. The van der Waals surface area contributed by atoms with Gasteiger partial charge in [-0.2, -0.15) is 55.7 Å². The summed E-state index contributed by atoms with van der Waals surface area (Å²) in [6.45, 7) is 3.27. The third kappa shape index (κ3) is 7.91. The van der Waals surface area contributed by atoms with E-state index in [1.807, 2.05) is 6.26 Å². The third-order valence-corrected chi connectivity index (χ3v) is 7.85. The van der Waals surface area contributed by atoms with Crippen LogP contribution in [0.4, 0.5) is 49.6 Å². The number of halogens is 11. The van der Waals surface area contributed by atoms with Crippen molar-refractivity contribution in [3.05, 3.63) is 98.6 Å². The minimum Gasteiger partial charge on any atom is -0.349 e. The molecular weight excluding hydrogens is 678 g/mol. The number of carbonyl (C=O) groups excluding carboxylic acids is 2. The summed E-state index contributed by atoms with van der Waals surface area (Å²) in [6.07, 6.45) is -11.5. The van der Waals surface area contributed by atoms with Gasteiger partial charge >= 0.3 is 24.2 Å². The number of nitrogens with one attached hydrogen (secondary N) is 2. The smallest absolute Gasteiger partial charge is 0.349 e. The molecule has 0 aliphatic carbocycles. The molecule has 4 nitrogen and oxygen atoms in total. The Labute approximate surface area is 265 Å². The zero-order chi connectivity index (χ0) is 34.8. The van der Waals surface area contributed by atoms with Crippen LogP contribution in [0.1, 0.15) is 55.5 Å². The van der Waals surface area contributed by atoms with Gasteiger partial charge in [-0.15, -0.1) is 0 Å². The van der Waals surface area contributed by atoms with Crippen molar-refractivity contribution in [2.45, 2.75) is 50.5 Å². The molecule has 3 aromatic rings. The maximum Gasteiger partial charge on any atom is 0.458 e. The van der Waals surface area contributed by atoms with Crippen molar-refractivity contribution in [3.63, 3.8) is 0 Å². The first-order valence-corrected chi connectivity index (χ1v) is 14.9. The fourth-order valence-electron chi connectivity index (χ4n) is 4.47. The Hall–Kier alpha value is -3.46. The lowest BCUT2D eigenvalue weighted by atomic mass is 9.91. The molecule has 0 aliphatic heterocycles. The molecule has 0 aliphatic rings. The van der Waals surface area contributed by atoms with Gasteiger partial charge in [0.1, 0.15) is 0 Å². The van der Waals surface area contributed by atoms with Crippen molar-refractivity contribution < 1.29 is 53.5 Å². The van der Waals surface area contributed by atoms with E-state index in [0.29, 0.717) is 17.4 Å². The van der Waals surface area contributed by atoms with Gasteiger partial charge in [-0.1, -0.05) is 41.9 Å². The lowest BCUT2D eigenvalue weighted by Gasteiger charge is -2.28. The first-order chi connectivity index (χ1) is 21.1. The highest BCUT2D eigenvalue weighted by molar-refractivity contribution is 7.98. The van der Waals surface area contributed by atoms with Crippen LogP contribution < -0.4 is 10.6 Å². The zero-order valence-electron chi connectivity index (χ0n) is 24.1. The standard InChI is InChI=1S/C30H25ClF10N2O2S/c1-15-11-17(12-18-7-9-20(27(32,33)29(36,37)38)21(13-18)28(34,35)30(39,40)41)8-10-23(15)43-25(44)19-5-4-6-22(31)24(19)26(45)42-16(2)14-46-3/h4-11,13,16H,12,14H2,1-3H3,(H,42,45)(H,43,44). The summed E-state index contributed by atoms with van der Waals surface area (Å²) < 4.78 is 135. The van der Waals surface area contributed by atoms with E-state index in [4.69, 9.17) is 11.6 Å². The third-order valence-electron chi connectivity index (χ3n) is 6.70. The van der Waals surface area contributed by atoms with Crippen molar-refractivity contribution in [2.24, 2.45) is 0 Å². The number of hydrogen-bond acceptors (Lipinski definition) is 3. The van der Waals surface area contributed by atoms with Gasteiger partial charge in [0, 0.05) is 28.6 Å². The van der Waals surface area contributed by atoms with Gasteiger partial charge in [0.05, 0.1) is 16.1 Å². The van der Waals surface area contributed by atoms with Crippen molar-refractivity contribution in [1.29, 1.82) is 0 Å². The Bertz CT molecular complexity index is 1610. The summed E-state index contributed by atoms with van der Waals surface area (Å²) >= 11 is 7.72. The molecule has 250 valence electrons. The lowest BCUT2D eigenvalue weighted by molar-refractivity contribution is -0.301. The maximum atomic E-state index is 14.2. The first kappa shape index (κ1) is 37.0. The van der Waals surface area contributed by atoms with E-state index in [1.165, 1.54) is 55.1 Å². The van der Waals surface area contributed by atoms with Crippen LogP contribution in [0.15, 0.2) is 54.6 Å². The number of hydrogen-bond donors (Lipinski definition) is 2. The molecule has 0 fully saturated rings. The Morgan fingerprint density at radius 3 is 1.93 bits per heavy atom. The molecule has 0 heterocycles. The molecule has 0 radical (unpaired) electrons. The van der Waals surface area contributed by atoms with Gasteiger partial charge in [-0.05, 0) is 67.5 Å². The van der Waals surface area contributed by atoms with E-state index in [1.54, 1.807) is 6.92 Å². The van der Waals surface area contributed by atoms with Gasteiger partial charge in [0.2, 0.25) is 0 Å². The van der Waals surface area contributed by atoms with Crippen molar-refractivity contribution in [2.75, 3.05) is 17.3 Å². The van der Waals surface area contributed by atoms with Gasteiger partial charge < -0.3 is 10.6 Å². The molecule has 0 aromatic heterocycles. The minimum absolute atomic E-state index is 0.0167. The highest BCUT2D eigenvalue weighted by Gasteiger charge is 2.65. The van der Waals surface area contributed by atoms with E-state index in [0.717, 1.165) is 0 Å². The molecule has 0 saturated carbocycles. The van der Waals surface area contributed by atoms with Crippen LogP contribution >= 0.6 is 23.4 Å². The normalized spacial score (nSPS) is 13.3. The van der Waals surface area contributed by atoms with E-state index >= 15 is 0 Å². The quantitative estimate of drug-likeness (QED) is 0.207. The lowest BCUT2D eigenvalue weighted by Crippen LogP contribution is -2.40. The van der Waals surface area contributed by atoms with E-state index in [9.17, 15) is 53.5 Å². The fraction of sp³-hybridized carbons (Fsp3) is 0.333. The second kappa shape index (κ2) is 13.7. The highest BCUT2D eigenvalue weighted by atomic mass is 35.5. The molecular formula is C30H25ClF10N2O2S. The van der Waals surface area contributed by atoms with Gasteiger partial charge in [-0.25, -0.2) is 0 Å². The number of thioether (sulfide) groups is 1. The number of aryl methyl sites for hydroxylation is 1. The Morgan fingerprint density at radius 2 is 1.37 bits per heavy atom. The molecule has 0 bridgehead atoms.